The number of carbonyl (C=O) groups is 1. The first kappa shape index (κ1) is 16.3. The summed E-state index contributed by atoms with van der Waals surface area (Å²) in [5.41, 5.74) is 3.45. The lowest BCUT2D eigenvalue weighted by Crippen LogP contribution is -2.42. The van der Waals surface area contributed by atoms with Gasteiger partial charge in [-0.05, 0) is 42.0 Å². The minimum Gasteiger partial charge on any atom is -0.338 e. The van der Waals surface area contributed by atoms with Gasteiger partial charge >= 0.3 is 0 Å². The van der Waals surface area contributed by atoms with Gasteiger partial charge in [0.05, 0.1) is 0 Å². The fourth-order valence-electron chi connectivity index (χ4n) is 3.65. The molecule has 2 unspecified atom stereocenters. The molecule has 1 amide bonds. The van der Waals surface area contributed by atoms with E-state index in [-0.39, 0.29) is 18.3 Å². The normalized spacial score (nSPS) is 24.1. The Labute approximate surface area is 133 Å². The van der Waals surface area contributed by atoms with E-state index in [4.69, 9.17) is 0 Å². The van der Waals surface area contributed by atoms with Crippen molar-refractivity contribution in [2.45, 2.75) is 51.7 Å². The highest BCUT2D eigenvalue weighted by Crippen LogP contribution is 2.28. The van der Waals surface area contributed by atoms with Gasteiger partial charge in [0, 0.05) is 31.7 Å². The molecule has 116 valence electrons. The van der Waals surface area contributed by atoms with Gasteiger partial charge in [-0.1, -0.05) is 25.8 Å². The van der Waals surface area contributed by atoms with Crippen molar-refractivity contribution in [2.24, 2.45) is 5.92 Å². The third-order valence-corrected chi connectivity index (χ3v) is 4.97. The van der Waals surface area contributed by atoms with Gasteiger partial charge in [-0.15, -0.1) is 12.4 Å². The van der Waals surface area contributed by atoms with Gasteiger partial charge in [0.25, 0.3) is 5.91 Å². The van der Waals surface area contributed by atoms with Crippen LogP contribution in [0.3, 0.4) is 0 Å². The van der Waals surface area contributed by atoms with E-state index in [2.05, 4.69) is 24.4 Å². The predicted octanol–water partition coefficient (Wildman–Crippen LogP) is 3.36. The van der Waals surface area contributed by atoms with Gasteiger partial charge < -0.3 is 10.2 Å². The minimum absolute atomic E-state index is 0. The lowest BCUT2D eigenvalue weighted by Gasteiger charge is -2.36. The summed E-state index contributed by atoms with van der Waals surface area (Å²) in [7, 11) is 1.97. The van der Waals surface area contributed by atoms with E-state index < -0.39 is 0 Å². The van der Waals surface area contributed by atoms with Crippen LogP contribution in [0, 0.1) is 5.92 Å². The van der Waals surface area contributed by atoms with Crippen LogP contribution >= 0.6 is 12.4 Å². The summed E-state index contributed by atoms with van der Waals surface area (Å²) in [5.74, 6) is 0.798. The molecule has 2 atom stereocenters. The second kappa shape index (κ2) is 6.80. The maximum Gasteiger partial charge on any atom is 0.253 e. The zero-order valence-corrected chi connectivity index (χ0v) is 13.7. The van der Waals surface area contributed by atoms with Gasteiger partial charge in [0.2, 0.25) is 0 Å². The number of rotatable bonds is 2. The minimum atomic E-state index is 0. The summed E-state index contributed by atoms with van der Waals surface area (Å²) in [5, 5.41) is 3.33. The molecule has 0 radical (unpaired) electrons. The second-order valence-electron chi connectivity index (χ2n) is 6.33. The largest absolute Gasteiger partial charge is 0.338 e. The van der Waals surface area contributed by atoms with Crippen LogP contribution in [0.2, 0.25) is 0 Å². The number of hydrogen-bond acceptors (Lipinski definition) is 2. The molecule has 1 fully saturated rings. The highest BCUT2D eigenvalue weighted by Gasteiger charge is 2.28. The SMILES string of the molecule is CC1CCCCC1N(C)C(=O)c1ccc2c(c1)CNC2.Cl. The fourth-order valence-corrected chi connectivity index (χ4v) is 3.65. The molecule has 1 N–H and O–H groups in total. The Kier molecular flexibility index (Phi) is 5.28. The van der Waals surface area contributed by atoms with Crippen LogP contribution in [-0.2, 0) is 13.1 Å². The van der Waals surface area contributed by atoms with Crippen molar-refractivity contribution < 1.29 is 4.79 Å². The Morgan fingerprint density at radius 2 is 1.90 bits per heavy atom. The summed E-state index contributed by atoms with van der Waals surface area (Å²) in [6.45, 7) is 4.10. The third-order valence-electron chi connectivity index (χ3n) is 4.97. The van der Waals surface area contributed by atoms with Crippen molar-refractivity contribution in [3.8, 4) is 0 Å². The van der Waals surface area contributed by atoms with Gasteiger partial charge in [0.15, 0.2) is 0 Å². The topological polar surface area (TPSA) is 32.3 Å². The first-order valence-electron chi connectivity index (χ1n) is 7.76. The van der Waals surface area contributed by atoms with Crippen molar-refractivity contribution in [3.63, 3.8) is 0 Å². The molecule has 2 aliphatic rings. The average molecular weight is 309 g/mol. The van der Waals surface area contributed by atoms with Crippen LogP contribution in [0.15, 0.2) is 18.2 Å². The number of halogens is 1. The number of amides is 1. The maximum atomic E-state index is 12.7. The second-order valence-corrected chi connectivity index (χ2v) is 6.33. The molecule has 1 aliphatic heterocycles. The first-order chi connectivity index (χ1) is 9.66. The van der Waals surface area contributed by atoms with Crippen LogP contribution in [0.25, 0.3) is 0 Å². The fraction of sp³-hybridized carbons (Fsp3) is 0.588. The number of nitrogens with zero attached hydrogens (tertiary/aromatic N) is 1. The molecular formula is C17H25ClN2O. The van der Waals surface area contributed by atoms with E-state index >= 15 is 0 Å². The summed E-state index contributed by atoms with van der Waals surface area (Å²) in [6, 6.07) is 6.56. The predicted molar refractivity (Wildman–Crippen MR) is 87.7 cm³/mol. The van der Waals surface area contributed by atoms with Crippen LogP contribution in [0.1, 0.15) is 54.1 Å². The Morgan fingerprint density at radius 1 is 1.19 bits per heavy atom. The standard InChI is InChI=1S/C17H24N2O.ClH/c1-12-5-3-4-6-16(12)19(2)17(20)13-7-8-14-10-18-11-15(14)9-13;/h7-9,12,16,18H,3-6,10-11H2,1-2H3;1H. The van der Waals surface area contributed by atoms with Crippen LogP contribution in [0.4, 0.5) is 0 Å². The average Bonchev–Trinajstić information content (AvgIpc) is 2.93. The zero-order chi connectivity index (χ0) is 14.1. The van der Waals surface area contributed by atoms with Crippen molar-refractivity contribution in [3.05, 3.63) is 34.9 Å². The van der Waals surface area contributed by atoms with Gasteiger partial charge in [-0.25, -0.2) is 0 Å². The van der Waals surface area contributed by atoms with Crippen LogP contribution in [0.5, 0.6) is 0 Å². The Morgan fingerprint density at radius 3 is 2.67 bits per heavy atom. The van der Waals surface area contributed by atoms with E-state index in [1.807, 2.05) is 18.0 Å². The van der Waals surface area contributed by atoms with Crippen molar-refractivity contribution in [1.29, 1.82) is 0 Å². The number of hydrogen-bond donors (Lipinski definition) is 1. The molecule has 0 spiro atoms. The maximum absolute atomic E-state index is 12.7. The molecule has 21 heavy (non-hydrogen) atoms. The summed E-state index contributed by atoms with van der Waals surface area (Å²) in [4.78, 5) is 14.7. The molecule has 0 saturated heterocycles. The van der Waals surface area contributed by atoms with E-state index in [1.54, 1.807) is 0 Å². The third kappa shape index (κ3) is 3.24. The highest BCUT2D eigenvalue weighted by atomic mass is 35.5. The van der Waals surface area contributed by atoms with Crippen LogP contribution in [-0.4, -0.2) is 23.9 Å². The summed E-state index contributed by atoms with van der Waals surface area (Å²) >= 11 is 0. The van der Waals surface area contributed by atoms with Crippen molar-refractivity contribution in [1.82, 2.24) is 10.2 Å². The number of carbonyl (C=O) groups excluding carboxylic acids is 1. The van der Waals surface area contributed by atoms with Gasteiger partial charge in [-0.3, -0.25) is 4.79 Å². The van der Waals surface area contributed by atoms with Crippen molar-refractivity contribution >= 4 is 18.3 Å². The summed E-state index contributed by atoms with van der Waals surface area (Å²) < 4.78 is 0. The number of fused-ring (bicyclic) bond motifs is 1. The monoisotopic (exact) mass is 308 g/mol. The quantitative estimate of drug-likeness (QED) is 0.908. The zero-order valence-electron chi connectivity index (χ0n) is 12.9. The number of nitrogens with one attached hydrogen (secondary N) is 1. The molecule has 3 rings (SSSR count). The van der Waals surface area contributed by atoms with Gasteiger partial charge in [-0.2, -0.15) is 0 Å². The molecule has 1 aliphatic carbocycles. The van der Waals surface area contributed by atoms with E-state index in [0.29, 0.717) is 12.0 Å². The Balaban J connectivity index is 0.00000161. The molecule has 1 aromatic rings. The van der Waals surface area contributed by atoms with E-state index in [0.717, 1.165) is 25.1 Å². The molecule has 1 saturated carbocycles. The molecule has 0 aromatic heterocycles. The van der Waals surface area contributed by atoms with Crippen molar-refractivity contribution in [2.75, 3.05) is 7.05 Å². The Hall–Kier alpha value is -1.06. The van der Waals surface area contributed by atoms with Crippen LogP contribution < -0.4 is 5.32 Å². The number of benzene rings is 1. The smallest absolute Gasteiger partial charge is 0.253 e. The lowest BCUT2D eigenvalue weighted by molar-refractivity contribution is 0.0629. The molecule has 3 nitrogen and oxygen atoms in total. The van der Waals surface area contributed by atoms with Gasteiger partial charge in [0.1, 0.15) is 0 Å². The van der Waals surface area contributed by atoms with E-state index in [9.17, 15) is 4.79 Å². The summed E-state index contributed by atoms with van der Waals surface area (Å²) in [6.07, 6.45) is 4.96. The molecular weight excluding hydrogens is 284 g/mol. The Bertz CT molecular complexity index is 518. The molecule has 1 heterocycles. The van der Waals surface area contributed by atoms with E-state index in [1.165, 1.54) is 30.4 Å². The molecule has 4 heteroatoms. The lowest BCUT2D eigenvalue weighted by atomic mass is 9.85. The molecule has 1 aromatic carbocycles. The highest BCUT2D eigenvalue weighted by molar-refractivity contribution is 5.94. The first-order valence-corrected chi connectivity index (χ1v) is 7.76. The molecule has 0 bridgehead atoms.